The van der Waals surface area contributed by atoms with Crippen LogP contribution in [-0.4, -0.2) is 33.9 Å². The van der Waals surface area contributed by atoms with Gasteiger partial charge in [0.15, 0.2) is 0 Å². The highest BCUT2D eigenvalue weighted by Gasteiger charge is 2.25. The van der Waals surface area contributed by atoms with E-state index in [9.17, 15) is 9.59 Å². The number of anilines is 1. The Balaban J connectivity index is 1.23. The fourth-order valence-corrected chi connectivity index (χ4v) is 4.96. The molecule has 0 spiro atoms. The number of aromatic nitrogens is 2. The minimum atomic E-state index is -0.148. The first-order valence-corrected chi connectivity index (χ1v) is 11.2. The van der Waals surface area contributed by atoms with E-state index in [1.165, 1.54) is 11.3 Å². The Labute approximate surface area is 182 Å². The molecule has 158 valence electrons. The van der Waals surface area contributed by atoms with E-state index < -0.39 is 0 Å². The minimum Gasteiger partial charge on any atom is -0.464 e. The normalized spacial score (nSPS) is 15.4. The zero-order valence-corrected chi connectivity index (χ0v) is 17.7. The van der Waals surface area contributed by atoms with Crippen LogP contribution in [0.1, 0.15) is 18.7 Å². The number of hydrogen-bond donors (Lipinski definition) is 2. The number of carbonyl (C=O) groups is 1. The summed E-state index contributed by atoms with van der Waals surface area (Å²) >= 11 is 1.45. The number of benzene rings is 1. The number of H-pyrrole nitrogens is 1. The van der Waals surface area contributed by atoms with Crippen LogP contribution < -0.4 is 10.9 Å². The number of aromatic amines is 1. The van der Waals surface area contributed by atoms with Gasteiger partial charge in [0, 0.05) is 22.5 Å². The van der Waals surface area contributed by atoms with Gasteiger partial charge < -0.3 is 14.7 Å². The van der Waals surface area contributed by atoms with Crippen molar-refractivity contribution in [2.24, 2.45) is 5.92 Å². The molecule has 0 aliphatic carbocycles. The molecule has 1 amide bonds. The third-order valence-electron chi connectivity index (χ3n) is 5.65. The number of nitrogens with zero attached hydrogens (tertiary/aromatic N) is 2. The Morgan fingerprint density at radius 1 is 1.19 bits per heavy atom. The first kappa shape index (κ1) is 19.7. The zero-order valence-electron chi connectivity index (χ0n) is 16.8. The van der Waals surface area contributed by atoms with Crippen molar-refractivity contribution < 1.29 is 9.21 Å². The molecule has 1 fully saturated rings. The van der Waals surface area contributed by atoms with Crippen LogP contribution in [0.3, 0.4) is 0 Å². The van der Waals surface area contributed by atoms with Crippen LogP contribution >= 0.6 is 11.3 Å². The molecule has 0 atom stereocenters. The van der Waals surface area contributed by atoms with Crippen molar-refractivity contribution >= 4 is 33.1 Å². The summed E-state index contributed by atoms with van der Waals surface area (Å²) in [4.78, 5) is 35.8. The van der Waals surface area contributed by atoms with Gasteiger partial charge >= 0.3 is 0 Å². The topological polar surface area (TPSA) is 91.2 Å². The number of carbonyl (C=O) groups excluding carboxylic acids is 1. The fourth-order valence-electron chi connectivity index (χ4n) is 4.01. The summed E-state index contributed by atoms with van der Waals surface area (Å²) in [6.07, 6.45) is 3.16. The summed E-state index contributed by atoms with van der Waals surface area (Å²) in [5.41, 5.74) is 1.45. The van der Waals surface area contributed by atoms with E-state index in [2.05, 4.69) is 20.2 Å². The molecule has 0 radical (unpaired) electrons. The van der Waals surface area contributed by atoms with E-state index >= 15 is 0 Å². The third kappa shape index (κ3) is 4.17. The number of piperidine rings is 1. The fraction of sp³-hybridized carbons (Fsp3) is 0.261. The van der Waals surface area contributed by atoms with Gasteiger partial charge in [-0.25, -0.2) is 4.98 Å². The van der Waals surface area contributed by atoms with Gasteiger partial charge in [-0.05, 0) is 50.2 Å². The monoisotopic (exact) mass is 434 g/mol. The number of nitrogens with one attached hydrogen (secondary N) is 2. The Hall–Kier alpha value is -3.23. The molecule has 1 saturated heterocycles. The predicted octanol–water partition coefficient (Wildman–Crippen LogP) is 4.10. The summed E-state index contributed by atoms with van der Waals surface area (Å²) in [6, 6.07) is 13.2. The molecule has 4 heterocycles. The predicted molar refractivity (Wildman–Crippen MR) is 121 cm³/mol. The SMILES string of the molecule is O=C(Nc1ccccc1)C1CCN(Cc2nc3scc(-c4ccco4)c3c(=O)[nH]2)CC1. The zero-order chi connectivity index (χ0) is 21.2. The maximum Gasteiger partial charge on any atom is 0.260 e. The number of amides is 1. The van der Waals surface area contributed by atoms with E-state index in [4.69, 9.17) is 4.42 Å². The molecule has 2 N–H and O–H groups in total. The van der Waals surface area contributed by atoms with Crippen LogP contribution in [0.4, 0.5) is 5.69 Å². The molecule has 4 aromatic rings. The molecule has 0 unspecified atom stereocenters. The number of fused-ring (bicyclic) bond motifs is 1. The third-order valence-corrected chi connectivity index (χ3v) is 6.52. The number of para-hydroxylation sites is 1. The molecule has 31 heavy (non-hydrogen) atoms. The first-order chi connectivity index (χ1) is 15.2. The summed E-state index contributed by atoms with van der Waals surface area (Å²) < 4.78 is 5.44. The van der Waals surface area contributed by atoms with Gasteiger partial charge in [-0.1, -0.05) is 18.2 Å². The highest BCUT2D eigenvalue weighted by atomic mass is 32.1. The summed E-state index contributed by atoms with van der Waals surface area (Å²) in [5.74, 6) is 1.39. The van der Waals surface area contributed by atoms with Crippen molar-refractivity contribution in [2.75, 3.05) is 18.4 Å². The Kier molecular flexibility index (Phi) is 5.40. The summed E-state index contributed by atoms with van der Waals surface area (Å²) in [7, 11) is 0. The quantitative estimate of drug-likeness (QED) is 0.494. The van der Waals surface area contributed by atoms with Crippen LogP contribution in [0, 0.1) is 5.92 Å². The lowest BCUT2D eigenvalue weighted by Crippen LogP contribution is -2.38. The Morgan fingerprint density at radius 2 is 2.00 bits per heavy atom. The van der Waals surface area contributed by atoms with Gasteiger partial charge in [-0.2, -0.15) is 0 Å². The van der Waals surface area contributed by atoms with Crippen molar-refractivity contribution in [2.45, 2.75) is 19.4 Å². The number of rotatable bonds is 5. The Bertz CT molecular complexity index is 1240. The van der Waals surface area contributed by atoms with Crippen molar-refractivity contribution in [1.82, 2.24) is 14.9 Å². The molecule has 5 rings (SSSR count). The summed E-state index contributed by atoms with van der Waals surface area (Å²) in [5, 5.41) is 5.47. The van der Waals surface area contributed by atoms with Gasteiger partial charge in [0.05, 0.1) is 18.2 Å². The largest absolute Gasteiger partial charge is 0.464 e. The molecule has 1 aliphatic rings. The highest BCUT2D eigenvalue weighted by Crippen LogP contribution is 2.31. The average molecular weight is 435 g/mol. The number of furan rings is 1. The second-order valence-corrected chi connectivity index (χ2v) is 8.58. The first-order valence-electron chi connectivity index (χ1n) is 10.3. The van der Waals surface area contributed by atoms with E-state index in [-0.39, 0.29) is 17.4 Å². The number of hydrogen-bond acceptors (Lipinski definition) is 6. The van der Waals surface area contributed by atoms with Crippen LogP contribution in [0.25, 0.3) is 21.5 Å². The number of likely N-dealkylation sites (tertiary alicyclic amines) is 1. The number of thiophene rings is 1. The van der Waals surface area contributed by atoms with Crippen LogP contribution in [0.5, 0.6) is 0 Å². The second-order valence-electron chi connectivity index (χ2n) is 7.73. The molecule has 1 aromatic carbocycles. The van der Waals surface area contributed by atoms with E-state index in [0.717, 1.165) is 37.2 Å². The molecule has 7 nitrogen and oxygen atoms in total. The molecule has 1 aliphatic heterocycles. The van der Waals surface area contributed by atoms with Crippen LogP contribution in [0.2, 0.25) is 0 Å². The highest BCUT2D eigenvalue weighted by molar-refractivity contribution is 7.17. The van der Waals surface area contributed by atoms with E-state index in [1.54, 1.807) is 12.3 Å². The maximum absolute atomic E-state index is 12.7. The summed E-state index contributed by atoms with van der Waals surface area (Å²) in [6.45, 7) is 2.14. The van der Waals surface area contributed by atoms with Gasteiger partial charge in [0.1, 0.15) is 16.4 Å². The lowest BCUT2D eigenvalue weighted by atomic mass is 9.96. The van der Waals surface area contributed by atoms with E-state index in [1.807, 2.05) is 41.8 Å². The molecular weight excluding hydrogens is 412 g/mol. The minimum absolute atomic E-state index is 0.000838. The average Bonchev–Trinajstić information content (AvgIpc) is 3.45. The van der Waals surface area contributed by atoms with Gasteiger partial charge in [0.25, 0.3) is 5.56 Å². The lowest BCUT2D eigenvalue weighted by molar-refractivity contribution is -0.121. The molecule has 0 saturated carbocycles. The maximum atomic E-state index is 12.7. The molecule has 0 bridgehead atoms. The van der Waals surface area contributed by atoms with E-state index in [0.29, 0.717) is 28.3 Å². The van der Waals surface area contributed by atoms with Gasteiger partial charge in [0.2, 0.25) is 5.91 Å². The molecular formula is C23H22N4O3S. The standard InChI is InChI=1S/C23H22N4O3S/c28-21(24-16-5-2-1-3-6-16)15-8-10-27(11-9-15)13-19-25-22(29)20-17(14-31-23(20)26-19)18-7-4-12-30-18/h1-7,12,14-15H,8-11,13H2,(H,24,28)(H,25,26,29). The van der Waals surface area contributed by atoms with Crippen molar-refractivity contribution in [3.8, 4) is 11.3 Å². The molecule has 3 aromatic heterocycles. The van der Waals surface area contributed by atoms with Crippen LogP contribution in [-0.2, 0) is 11.3 Å². The van der Waals surface area contributed by atoms with Crippen molar-refractivity contribution in [3.63, 3.8) is 0 Å². The second kappa shape index (κ2) is 8.49. The van der Waals surface area contributed by atoms with Crippen molar-refractivity contribution in [1.29, 1.82) is 0 Å². The van der Waals surface area contributed by atoms with Crippen molar-refractivity contribution in [3.05, 3.63) is 70.3 Å². The van der Waals surface area contributed by atoms with Gasteiger partial charge in [-0.3, -0.25) is 14.5 Å². The van der Waals surface area contributed by atoms with Crippen LogP contribution in [0.15, 0.2) is 63.3 Å². The Morgan fingerprint density at radius 3 is 2.74 bits per heavy atom. The smallest absolute Gasteiger partial charge is 0.260 e. The molecule has 8 heteroatoms. The van der Waals surface area contributed by atoms with Gasteiger partial charge in [-0.15, -0.1) is 11.3 Å². The lowest BCUT2D eigenvalue weighted by Gasteiger charge is -2.30.